The molecule has 2 N–H and O–H groups in total. The molecule has 0 aromatic carbocycles. The van der Waals surface area contributed by atoms with Crippen LogP contribution in [0.5, 0.6) is 0 Å². The number of nitrogens with zero attached hydrogens (tertiary/aromatic N) is 2. The van der Waals surface area contributed by atoms with Gasteiger partial charge in [-0.2, -0.15) is 5.10 Å². The fourth-order valence-electron chi connectivity index (χ4n) is 2.19. The normalized spacial score (nSPS) is 12.2. The average molecular weight is 247 g/mol. The van der Waals surface area contributed by atoms with Gasteiger partial charge in [-0.1, -0.05) is 19.9 Å². The molecule has 0 aliphatic rings. The van der Waals surface area contributed by atoms with Crippen molar-refractivity contribution in [2.24, 2.45) is 0 Å². The van der Waals surface area contributed by atoms with Crippen LogP contribution in [-0.2, 0) is 6.54 Å². The number of aliphatic hydroxyl groups is 1. The van der Waals surface area contributed by atoms with Gasteiger partial charge in [0.15, 0.2) is 0 Å². The molecule has 0 saturated heterocycles. The molecule has 2 heterocycles. The van der Waals surface area contributed by atoms with Crippen molar-refractivity contribution in [3.63, 3.8) is 0 Å². The predicted octanol–water partition coefficient (Wildman–Crippen LogP) is 1.97. The van der Waals surface area contributed by atoms with Crippen LogP contribution in [0.25, 0.3) is 5.52 Å². The Morgan fingerprint density at radius 2 is 2.11 bits per heavy atom. The summed E-state index contributed by atoms with van der Waals surface area (Å²) in [5.41, 5.74) is 2.10. The molecular formula is C14H21N3O. The number of aliphatic hydroxyl groups excluding tert-OH is 1. The molecule has 0 unspecified atom stereocenters. The van der Waals surface area contributed by atoms with Crippen molar-refractivity contribution < 1.29 is 5.11 Å². The van der Waals surface area contributed by atoms with Crippen LogP contribution in [-0.4, -0.2) is 26.9 Å². The molecule has 0 bridgehead atoms. The summed E-state index contributed by atoms with van der Waals surface area (Å²) in [4.78, 5) is 0. The fraction of sp³-hybridized carbons (Fsp3) is 0.500. The summed E-state index contributed by atoms with van der Waals surface area (Å²) in [5, 5.41) is 17.3. The lowest BCUT2D eigenvalue weighted by Crippen LogP contribution is -2.47. The third-order valence-electron chi connectivity index (χ3n) is 3.82. The number of hydrogen-bond acceptors (Lipinski definition) is 3. The molecule has 2 aromatic rings. The molecular weight excluding hydrogens is 226 g/mol. The van der Waals surface area contributed by atoms with Crippen LogP contribution in [0.4, 0.5) is 0 Å². The van der Waals surface area contributed by atoms with Crippen molar-refractivity contribution in [2.75, 3.05) is 6.61 Å². The Labute approximate surface area is 108 Å². The lowest BCUT2D eigenvalue weighted by Gasteiger charge is -2.30. The first-order valence-corrected chi connectivity index (χ1v) is 6.52. The molecule has 98 valence electrons. The van der Waals surface area contributed by atoms with Gasteiger partial charge in [0.25, 0.3) is 0 Å². The van der Waals surface area contributed by atoms with Gasteiger partial charge in [0, 0.05) is 23.8 Å². The third kappa shape index (κ3) is 2.40. The Morgan fingerprint density at radius 3 is 2.78 bits per heavy atom. The fourth-order valence-corrected chi connectivity index (χ4v) is 2.19. The molecule has 2 rings (SSSR count). The van der Waals surface area contributed by atoms with Gasteiger partial charge < -0.3 is 10.4 Å². The molecule has 4 nitrogen and oxygen atoms in total. The standard InChI is InChI=1S/C14H21N3O/c1-3-14(4-2,11-18)15-9-12-10-16-17-8-6-5-7-13(12)17/h5-8,10,15,18H,3-4,9,11H2,1-2H3. The van der Waals surface area contributed by atoms with Crippen LogP contribution in [0.3, 0.4) is 0 Å². The van der Waals surface area contributed by atoms with Gasteiger partial charge in [0.05, 0.1) is 18.3 Å². The molecule has 0 radical (unpaired) electrons. The van der Waals surface area contributed by atoms with Gasteiger partial charge in [0.1, 0.15) is 0 Å². The van der Waals surface area contributed by atoms with Crippen molar-refractivity contribution in [1.29, 1.82) is 0 Å². The molecule has 2 aromatic heterocycles. The minimum absolute atomic E-state index is 0.166. The van der Waals surface area contributed by atoms with Crippen LogP contribution in [0.2, 0.25) is 0 Å². The number of nitrogens with one attached hydrogen (secondary N) is 1. The molecule has 0 aliphatic carbocycles. The molecule has 0 aliphatic heterocycles. The summed E-state index contributed by atoms with van der Waals surface area (Å²) in [7, 11) is 0. The summed E-state index contributed by atoms with van der Waals surface area (Å²) >= 11 is 0. The van der Waals surface area contributed by atoms with Gasteiger partial charge in [0.2, 0.25) is 0 Å². The largest absolute Gasteiger partial charge is 0.394 e. The number of aromatic nitrogens is 2. The van der Waals surface area contributed by atoms with E-state index in [1.165, 1.54) is 0 Å². The van der Waals surface area contributed by atoms with E-state index in [4.69, 9.17) is 0 Å². The van der Waals surface area contributed by atoms with Gasteiger partial charge in [-0.05, 0) is 25.0 Å². The van der Waals surface area contributed by atoms with Gasteiger partial charge >= 0.3 is 0 Å². The highest BCUT2D eigenvalue weighted by molar-refractivity contribution is 5.53. The van der Waals surface area contributed by atoms with E-state index in [0.717, 1.165) is 30.5 Å². The predicted molar refractivity (Wildman–Crippen MR) is 72.4 cm³/mol. The first kappa shape index (κ1) is 13.1. The van der Waals surface area contributed by atoms with E-state index < -0.39 is 0 Å². The number of hydrogen-bond donors (Lipinski definition) is 2. The maximum absolute atomic E-state index is 9.54. The van der Waals surface area contributed by atoms with E-state index in [2.05, 4.69) is 30.3 Å². The summed E-state index contributed by atoms with van der Waals surface area (Å²) < 4.78 is 1.87. The Morgan fingerprint density at radius 1 is 1.33 bits per heavy atom. The van der Waals surface area contributed by atoms with Gasteiger partial charge in [-0.15, -0.1) is 0 Å². The third-order valence-corrected chi connectivity index (χ3v) is 3.82. The Hall–Kier alpha value is -1.39. The second-order valence-corrected chi connectivity index (χ2v) is 4.70. The Kier molecular flexibility index (Phi) is 3.99. The summed E-state index contributed by atoms with van der Waals surface area (Å²) in [6.45, 7) is 5.10. The Balaban J connectivity index is 2.14. The minimum atomic E-state index is -0.178. The minimum Gasteiger partial charge on any atom is -0.394 e. The quantitative estimate of drug-likeness (QED) is 0.820. The van der Waals surface area contributed by atoms with Crippen LogP contribution in [0, 0.1) is 0 Å². The highest BCUT2D eigenvalue weighted by Crippen LogP contribution is 2.17. The maximum atomic E-state index is 9.54. The van der Waals surface area contributed by atoms with Crippen molar-refractivity contribution >= 4 is 5.52 Å². The van der Waals surface area contributed by atoms with Gasteiger partial charge in [-0.25, -0.2) is 4.52 Å². The topological polar surface area (TPSA) is 49.6 Å². The number of rotatable bonds is 6. The second kappa shape index (κ2) is 5.50. The Bertz CT molecular complexity index is 494. The van der Waals surface area contributed by atoms with Crippen LogP contribution in [0.1, 0.15) is 32.3 Å². The van der Waals surface area contributed by atoms with E-state index in [0.29, 0.717) is 0 Å². The zero-order chi connectivity index (χ0) is 13.0. The van der Waals surface area contributed by atoms with Crippen molar-refractivity contribution in [3.05, 3.63) is 36.2 Å². The van der Waals surface area contributed by atoms with E-state index in [-0.39, 0.29) is 12.1 Å². The summed E-state index contributed by atoms with van der Waals surface area (Å²) in [6, 6.07) is 6.04. The number of pyridine rings is 1. The molecule has 0 atom stereocenters. The highest BCUT2D eigenvalue weighted by Gasteiger charge is 2.24. The molecule has 4 heteroatoms. The molecule has 18 heavy (non-hydrogen) atoms. The molecule has 0 fully saturated rings. The van der Waals surface area contributed by atoms with Crippen molar-refractivity contribution in [1.82, 2.24) is 14.9 Å². The zero-order valence-corrected chi connectivity index (χ0v) is 11.1. The van der Waals surface area contributed by atoms with Crippen LogP contribution in [0.15, 0.2) is 30.6 Å². The maximum Gasteiger partial charge on any atom is 0.0706 e. The number of fused-ring (bicyclic) bond motifs is 1. The van der Waals surface area contributed by atoms with Crippen LogP contribution >= 0.6 is 0 Å². The van der Waals surface area contributed by atoms with Crippen molar-refractivity contribution in [3.8, 4) is 0 Å². The second-order valence-electron chi connectivity index (χ2n) is 4.70. The van der Waals surface area contributed by atoms with E-state index >= 15 is 0 Å². The average Bonchev–Trinajstić information content (AvgIpc) is 2.85. The lowest BCUT2D eigenvalue weighted by atomic mass is 9.93. The van der Waals surface area contributed by atoms with E-state index in [1.54, 1.807) is 0 Å². The molecule has 0 spiro atoms. The molecule has 0 amide bonds. The first-order valence-electron chi connectivity index (χ1n) is 6.52. The smallest absolute Gasteiger partial charge is 0.0706 e. The zero-order valence-electron chi connectivity index (χ0n) is 11.1. The first-order chi connectivity index (χ1) is 8.74. The monoisotopic (exact) mass is 247 g/mol. The summed E-state index contributed by atoms with van der Waals surface area (Å²) in [6.07, 6.45) is 5.66. The van der Waals surface area contributed by atoms with E-state index in [9.17, 15) is 5.11 Å². The highest BCUT2D eigenvalue weighted by atomic mass is 16.3. The van der Waals surface area contributed by atoms with Crippen molar-refractivity contribution in [2.45, 2.75) is 38.8 Å². The molecule has 0 saturated carbocycles. The lowest BCUT2D eigenvalue weighted by molar-refractivity contribution is 0.149. The van der Waals surface area contributed by atoms with E-state index in [1.807, 2.05) is 29.0 Å². The van der Waals surface area contributed by atoms with Gasteiger partial charge in [-0.3, -0.25) is 0 Å². The van der Waals surface area contributed by atoms with Crippen LogP contribution < -0.4 is 5.32 Å². The summed E-state index contributed by atoms with van der Waals surface area (Å²) in [5.74, 6) is 0. The SMILES string of the molecule is CCC(CC)(CO)NCc1cnn2ccccc12.